The van der Waals surface area contributed by atoms with E-state index >= 15 is 0 Å². The molecule has 106 valence electrons. The Kier molecular flexibility index (Phi) is 4.86. The highest BCUT2D eigenvalue weighted by atomic mass is 79.9. The van der Waals surface area contributed by atoms with Gasteiger partial charge >= 0.3 is 0 Å². The lowest BCUT2D eigenvalue weighted by atomic mass is 10.2. The lowest BCUT2D eigenvalue weighted by Gasteiger charge is -2.15. The number of nitrogens with two attached hydrogens (primary N) is 1. The first-order valence-corrected chi connectivity index (χ1v) is 6.99. The summed E-state index contributed by atoms with van der Waals surface area (Å²) in [6.07, 6.45) is 1.62. The van der Waals surface area contributed by atoms with Gasteiger partial charge in [0.2, 0.25) is 0 Å². The fourth-order valence-corrected chi connectivity index (χ4v) is 2.03. The summed E-state index contributed by atoms with van der Waals surface area (Å²) in [5.41, 5.74) is 6.82. The smallest absolute Gasteiger partial charge is 0.276 e. The van der Waals surface area contributed by atoms with Gasteiger partial charge in [-0.05, 0) is 17.7 Å². The maximum Gasteiger partial charge on any atom is 0.276 e. The van der Waals surface area contributed by atoms with E-state index in [-0.39, 0.29) is 5.91 Å². The van der Waals surface area contributed by atoms with Crippen molar-refractivity contribution in [2.45, 2.75) is 13.1 Å². The van der Waals surface area contributed by atoms with Crippen molar-refractivity contribution in [2.24, 2.45) is 5.73 Å². The number of hydrogen-bond acceptors (Lipinski definition) is 4. The molecule has 0 aliphatic heterocycles. The van der Waals surface area contributed by atoms with Gasteiger partial charge in [-0.3, -0.25) is 9.48 Å². The number of carbonyl (C=O) groups excluding carboxylic acids is 1. The maximum atomic E-state index is 12.2. The molecule has 0 atom stereocenters. The number of amides is 1. The minimum atomic E-state index is -0.156. The summed E-state index contributed by atoms with van der Waals surface area (Å²) in [7, 11) is 1.74. The van der Waals surface area contributed by atoms with E-state index in [2.05, 4.69) is 26.2 Å². The molecule has 2 N–H and O–H groups in total. The molecule has 0 aliphatic carbocycles. The van der Waals surface area contributed by atoms with Crippen molar-refractivity contribution in [1.29, 1.82) is 0 Å². The van der Waals surface area contributed by atoms with E-state index in [1.807, 2.05) is 24.3 Å². The first kappa shape index (κ1) is 14.7. The Labute approximate surface area is 125 Å². The summed E-state index contributed by atoms with van der Waals surface area (Å²) >= 11 is 3.38. The lowest BCUT2D eigenvalue weighted by Crippen LogP contribution is -2.26. The van der Waals surface area contributed by atoms with E-state index in [1.165, 1.54) is 0 Å². The Balaban J connectivity index is 2.02. The number of carbonyl (C=O) groups is 1. The van der Waals surface area contributed by atoms with Crippen LogP contribution in [0.2, 0.25) is 0 Å². The van der Waals surface area contributed by atoms with E-state index in [0.29, 0.717) is 25.3 Å². The Morgan fingerprint density at radius 2 is 2.10 bits per heavy atom. The monoisotopic (exact) mass is 337 g/mol. The molecule has 0 saturated carbocycles. The molecule has 1 heterocycles. The Morgan fingerprint density at radius 3 is 2.75 bits per heavy atom. The zero-order valence-electron chi connectivity index (χ0n) is 11.2. The predicted molar refractivity (Wildman–Crippen MR) is 79.0 cm³/mol. The molecule has 2 rings (SSSR count). The highest BCUT2D eigenvalue weighted by Crippen LogP contribution is 2.12. The summed E-state index contributed by atoms with van der Waals surface area (Å²) < 4.78 is 2.58. The van der Waals surface area contributed by atoms with Gasteiger partial charge in [-0.2, -0.15) is 0 Å². The SMILES string of the molecule is CN(Cc1ccc(Br)cc1)C(=O)c1cn(CCN)nn1. The molecule has 0 unspecified atom stereocenters. The zero-order valence-corrected chi connectivity index (χ0v) is 12.7. The third-order valence-corrected chi connectivity index (χ3v) is 3.32. The third-order valence-electron chi connectivity index (χ3n) is 2.80. The Bertz CT molecular complexity index is 581. The predicted octanol–water partition coefficient (Wildman–Crippen LogP) is 1.27. The van der Waals surface area contributed by atoms with Crippen LogP contribution < -0.4 is 5.73 Å². The normalized spacial score (nSPS) is 10.6. The maximum absolute atomic E-state index is 12.2. The van der Waals surface area contributed by atoms with Crippen LogP contribution in [0.4, 0.5) is 0 Å². The average molecular weight is 338 g/mol. The number of halogens is 1. The molecule has 7 heteroatoms. The van der Waals surface area contributed by atoms with Gasteiger partial charge in [-0.25, -0.2) is 0 Å². The van der Waals surface area contributed by atoms with Gasteiger partial charge in [0.15, 0.2) is 5.69 Å². The second kappa shape index (κ2) is 6.62. The molecule has 20 heavy (non-hydrogen) atoms. The van der Waals surface area contributed by atoms with Crippen LogP contribution in [0.3, 0.4) is 0 Å². The van der Waals surface area contributed by atoms with E-state index < -0.39 is 0 Å². The first-order chi connectivity index (χ1) is 9.60. The summed E-state index contributed by atoms with van der Waals surface area (Å²) in [5, 5.41) is 7.73. The zero-order chi connectivity index (χ0) is 14.5. The fraction of sp³-hybridized carbons (Fsp3) is 0.308. The molecule has 0 aliphatic rings. The summed E-state index contributed by atoms with van der Waals surface area (Å²) in [6.45, 7) is 1.54. The number of aromatic nitrogens is 3. The van der Waals surface area contributed by atoms with Gasteiger partial charge in [0.05, 0.1) is 12.7 Å². The van der Waals surface area contributed by atoms with Crippen molar-refractivity contribution in [3.05, 3.63) is 46.2 Å². The number of benzene rings is 1. The molecule has 0 spiro atoms. The van der Waals surface area contributed by atoms with Gasteiger partial charge in [0, 0.05) is 24.6 Å². The second-order valence-corrected chi connectivity index (χ2v) is 5.36. The summed E-state index contributed by atoms with van der Waals surface area (Å²) in [6, 6.07) is 7.84. The fourth-order valence-electron chi connectivity index (χ4n) is 1.77. The van der Waals surface area contributed by atoms with Crippen molar-refractivity contribution in [1.82, 2.24) is 19.9 Å². The van der Waals surface area contributed by atoms with Crippen LogP contribution in [-0.2, 0) is 13.1 Å². The molecule has 0 saturated heterocycles. The largest absolute Gasteiger partial charge is 0.336 e. The van der Waals surface area contributed by atoms with Crippen LogP contribution in [0, 0.1) is 0 Å². The molecule has 6 nitrogen and oxygen atoms in total. The molecule has 0 radical (unpaired) electrons. The van der Waals surface area contributed by atoms with Crippen LogP contribution >= 0.6 is 15.9 Å². The quantitative estimate of drug-likeness (QED) is 0.891. The van der Waals surface area contributed by atoms with Gasteiger partial charge in [0.1, 0.15) is 0 Å². The van der Waals surface area contributed by atoms with Gasteiger partial charge in [0.25, 0.3) is 5.91 Å². The molecule has 0 bridgehead atoms. The van der Waals surface area contributed by atoms with E-state index in [1.54, 1.807) is 22.8 Å². The molecular weight excluding hydrogens is 322 g/mol. The minimum absolute atomic E-state index is 0.156. The summed E-state index contributed by atoms with van der Waals surface area (Å²) in [5.74, 6) is -0.156. The van der Waals surface area contributed by atoms with Crippen molar-refractivity contribution in [3.8, 4) is 0 Å². The highest BCUT2D eigenvalue weighted by Gasteiger charge is 2.15. The van der Waals surface area contributed by atoms with Crippen molar-refractivity contribution in [2.75, 3.05) is 13.6 Å². The van der Waals surface area contributed by atoms with E-state index in [4.69, 9.17) is 5.73 Å². The van der Waals surface area contributed by atoms with Crippen LogP contribution in [0.15, 0.2) is 34.9 Å². The molecule has 2 aromatic rings. The van der Waals surface area contributed by atoms with Crippen molar-refractivity contribution < 1.29 is 4.79 Å². The second-order valence-electron chi connectivity index (χ2n) is 4.44. The first-order valence-electron chi connectivity index (χ1n) is 6.20. The molecular formula is C13H16BrN5O. The Morgan fingerprint density at radius 1 is 1.40 bits per heavy atom. The third kappa shape index (κ3) is 3.64. The molecule has 1 aromatic carbocycles. The van der Waals surface area contributed by atoms with Crippen LogP contribution in [-0.4, -0.2) is 39.4 Å². The Hall–Kier alpha value is -1.73. The van der Waals surface area contributed by atoms with Crippen molar-refractivity contribution in [3.63, 3.8) is 0 Å². The molecule has 1 amide bonds. The molecule has 1 aromatic heterocycles. The number of hydrogen-bond donors (Lipinski definition) is 1. The van der Waals surface area contributed by atoms with Gasteiger partial charge in [-0.15, -0.1) is 5.10 Å². The minimum Gasteiger partial charge on any atom is -0.336 e. The van der Waals surface area contributed by atoms with Crippen molar-refractivity contribution >= 4 is 21.8 Å². The highest BCUT2D eigenvalue weighted by molar-refractivity contribution is 9.10. The average Bonchev–Trinajstić information content (AvgIpc) is 2.89. The van der Waals surface area contributed by atoms with Crippen LogP contribution in [0.25, 0.3) is 0 Å². The van der Waals surface area contributed by atoms with Crippen LogP contribution in [0.5, 0.6) is 0 Å². The van der Waals surface area contributed by atoms with Gasteiger partial charge in [-0.1, -0.05) is 33.3 Å². The molecule has 0 fully saturated rings. The van der Waals surface area contributed by atoms with Crippen LogP contribution in [0.1, 0.15) is 16.1 Å². The van der Waals surface area contributed by atoms with Gasteiger partial charge < -0.3 is 10.6 Å². The number of nitrogens with zero attached hydrogens (tertiary/aromatic N) is 4. The standard InChI is InChI=1S/C13H16BrN5O/c1-18(8-10-2-4-11(14)5-3-10)13(20)12-9-19(7-6-15)17-16-12/h2-5,9H,6-8,15H2,1H3. The lowest BCUT2D eigenvalue weighted by molar-refractivity contribution is 0.0779. The van der Waals surface area contributed by atoms with E-state index in [0.717, 1.165) is 10.0 Å². The topological polar surface area (TPSA) is 77.0 Å². The van der Waals surface area contributed by atoms with E-state index in [9.17, 15) is 4.79 Å². The number of rotatable bonds is 5. The summed E-state index contributed by atoms with van der Waals surface area (Å²) in [4.78, 5) is 13.8.